The zero-order valence-corrected chi connectivity index (χ0v) is 18.2. The van der Waals surface area contributed by atoms with Crippen molar-refractivity contribution in [2.24, 2.45) is 5.92 Å². The zero-order valence-electron chi connectivity index (χ0n) is 16.4. The Labute approximate surface area is 153 Å². The van der Waals surface area contributed by atoms with E-state index in [2.05, 4.69) is 13.5 Å². The van der Waals surface area contributed by atoms with Gasteiger partial charge < -0.3 is 18.5 Å². The first-order chi connectivity index (χ1) is 11.6. The SMILES string of the molecule is C=CC(=O)N(CCCC)CC(CP(C)(C)=O)CP(=O)(OCC)OCC. The van der Waals surface area contributed by atoms with Crippen LogP contribution >= 0.6 is 14.7 Å². The lowest BCUT2D eigenvalue weighted by atomic mass is 10.2. The summed E-state index contributed by atoms with van der Waals surface area (Å²) in [5, 5.41) is 0. The number of carbonyl (C=O) groups is 1. The van der Waals surface area contributed by atoms with E-state index in [-0.39, 0.29) is 31.2 Å². The van der Waals surface area contributed by atoms with E-state index in [0.717, 1.165) is 12.8 Å². The molecule has 148 valence electrons. The van der Waals surface area contributed by atoms with Gasteiger partial charge in [0.2, 0.25) is 5.91 Å². The van der Waals surface area contributed by atoms with Gasteiger partial charge in [-0.3, -0.25) is 9.36 Å². The second kappa shape index (κ2) is 12.1. The van der Waals surface area contributed by atoms with Crippen molar-refractivity contribution in [1.82, 2.24) is 4.90 Å². The molecule has 0 aromatic heterocycles. The van der Waals surface area contributed by atoms with E-state index >= 15 is 0 Å². The van der Waals surface area contributed by atoms with Gasteiger partial charge in [0.25, 0.3) is 0 Å². The van der Waals surface area contributed by atoms with Gasteiger partial charge in [0.1, 0.15) is 0 Å². The third-order valence-corrected chi connectivity index (χ3v) is 7.24. The monoisotopic (exact) mass is 395 g/mol. The third-order valence-electron chi connectivity index (χ3n) is 3.58. The van der Waals surface area contributed by atoms with E-state index in [4.69, 9.17) is 9.05 Å². The Morgan fingerprint density at radius 1 is 1.12 bits per heavy atom. The summed E-state index contributed by atoms with van der Waals surface area (Å²) in [6, 6.07) is 0. The Morgan fingerprint density at radius 3 is 2.08 bits per heavy atom. The topological polar surface area (TPSA) is 72.9 Å². The molecular formula is C17H35NO5P2. The van der Waals surface area contributed by atoms with Crippen molar-refractivity contribution in [3.63, 3.8) is 0 Å². The first-order valence-corrected chi connectivity index (χ1v) is 13.5. The summed E-state index contributed by atoms with van der Waals surface area (Å²) >= 11 is 0. The maximum absolute atomic E-state index is 12.9. The molecule has 0 radical (unpaired) electrons. The van der Waals surface area contributed by atoms with E-state index in [1.165, 1.54) is 6.08 Å². The molecule has 0 aliphatic carbocycles. The average molecular weight is 395 g/mol. The van der Waals surface area contributed by atoms with Gasteiger partial charge in [-0.15, -0.1) is 0 Å². The highest BCUT2D eigenvalue weighted by Gasteiger charge is 2.32. The van der Waals surface area contributed by atoms with Crippen LogP contribution in [0.2, 0.25) is 0 Å². The molecule has 6 nitrogen and oxygen atoms in total. The van der Waals surface area contributed by atoms with E-state index < -0.39 is 14.7 Å². The van der Waals surface area contributed by atoms with Crippen LogP contribution in [0, 0.1) is 5.92 Å². The van der Waals surface area contributed by atoms with Crippen molar-refractivity contribution in [3.05, 3.63) is 12.7 Å². The van der Waals surface area contributed by atoms with E-state index in [1.54, 1.807) is 32.1 Å². The van der Waals surface area contributed by atoms with Gasteiger partial charge in [0.15, 0.2) is 0 Å². The molecule has 1 amide bonds. The summed E-state index contributed by atoms with van der Waals surface area (Å²) < 4.78 is 36.0. The summed E-state index contributed by atoms with van der Waals surface area (Å²) in [5.74, 6) is -0.381. The van der Waals surface area contributed by atoms with Crippen LogP contribution in [-0.2, 0) is 23.0 Å². The summed E-state index contributed by atoms with van der Waals surface area (Å²) in [4.78, 5) is 13.8. The lowest BCUT2D eigenvalue weighted by Gasteiger charge is -2.30. The number of nitrogens with zero attached hydrogens (tertiary/aromatic N) is 1. The van der Waals surface area contributed by atoms with Crippen LogP contribution in [-0.4, -0.2) is 62.8 Å². The molecule has 0 aromatic carbocycles. The standard InChI is InChI=1S/C17H35NO5P2/c1-7-11-12-18(17(19)8-2)13-16(14-24(5,6)20)15-25(21,22-9-3)23-10-4/h8,16H,2,7,9-15H2,1,3-6H3. The first kappa shape index (κ1) is 24.6. The van der Waals surface area contributed by atoms with Gasteiger partial charge in [-0.05, 0) is 45.6 Å². The molecule has 0 saturated heterocycles. The molecule has 0 fully saturated rings. The van der Waals surface area contributed by atoms with Crippen LogP contribution < -0.4 is 0 Å². The Kier molecular flexibility index (Phi) is 11.9. The van der Waals surface area contributed by atoms with Crippen LogP contribution in [0.5, 0.6) is 0 Å². The average Bonchev–Trinajstić information content (AvgIpc) is 2.49. The molecule has 0 aromatic rings. The molecule has 1 atom stereocenters. The van der Waals surface area contributed by atoms with Crippen LogP contribution in [0.1, 0.15) is 33.6 Å². The highest BCUT2D eigenvalue weighted by Crippen LogP contribution is 2.51. The van der Waals surface area contributed by atoms with Crippen LogP contribution in [0.4, 0.5) is 0 Å². The maximum Gasteiger partial charge on any atom is 0.331 e. The molecule has 0 aliphatic rings. The van der Waals surface area contributed by atoms with Crippen molar-refractivity contribution in [3.8, 4) is 0 Å². The van der Waals surface area contributed by atoms with E-state index in [0.29, 0.717) is 19.3 Å². The minimum absolute atomic E-state index is 0.160. The van der Waals surface area contributed by atoms with Gasteiger partial charge in [-0.25, -0.2) is 0 Å². The van der Waals surface area contributed by atoms with Crippen LogP contribution in [0.15, 0.2) is 12.7 Å². The predicted molar refractivity (Wildman–Crippen MR) is 105 cm³/mol. The molecule has 0 N–H and O–H groups in total. The summed E-state index contributed by atoms with van der Waals surface area (Å²) in [5.41, 5.74) is 0. The highest BCUT2D eigenvalue weighted by molar-refractivity contribution is 7.62. The third kappa shape index (κ3) is 11.0. The molecular weight excluding hydrogens is 360 g/mol. The van der Waals surface area contributed by atoms with E-state index in [1.807, 2.05) is 0 Å². The molecule has 0 aliphatic heterocycles. The fourth-order valence-electron chi connectivity index (χ4n) is 2.73. The van der Waals surface area contributed by atoms with E-state index in [9.17, 15) is 13.9 Å². The molecule has 1 unspecified atom stereocenters. The number of unbranched alkanes of at least 4 members (excludes halogenated alkanes) is 1. The van der Waals surface area contributed by atoms with Gasteiger partial charge in [0, 0.05) is 19.3 Å². The lowest BCUT2D eigenvalue weighted by molar-refractivity contribution is -0.126. The number of hydrogen-bond acceptors (Lipinski definition) is 5. The molecule has 0 saturated carbocycles. The summed E-state index contributed by atoms with van der Waals surface area (Å²) in [6.45, 7) is 14.1. The predicted octanol–water partition coefficient (Wildman–Crippen LogP) is 4.31. The van der Waals surface area contributed by atoms with Crippen molar-refractivity contribution < 1.29 is 23.0 Å². The van der Waals surface area contributed by atoms with Gasteiger partial charge >= 0.3 is 7.60 Å². The summed E-state index contributed by atoms with van der Waals surface area (Å²) in [7, 11) is -5.63. The molecule has 0 bridgehead atoms. The minimum Gasteiger partial charge on any atom is -0.339 e. The molecule has 0 spiro atoms. The van der Waals surface area contributed by atoms with Crippen LogP contribution in [0.25, 0.3) is 0 Å². The van der Waals surface area contributed by atoms with Crippen molar-refractivity contribution in [2.75, 3.05) is 52.0 Å². The van der Waals surface area contributed by atoms with Gasteiger partial charge in [-0.2, -0.15) is 0 Å². The van der Waals surface area contributed by atoms with Gasteiger partial charge in [-0.1, -0.05) is 19.9 Å². The fourth-order valence-corrected chi connectivity index (χ4v) is 6.37. The normalized spacial score (nSPS) is 13.5. The first-order valence-electron chi connectivity index (χ1n) is 8.94. The highest BCUT2D eigenvalue weighted by atomic mass is 31.2. The molecule has 0 rings (SSSR count). The molecule has 25 heavy (non-hydrogen) atoms. The smallest absolute Gasteiger partial charge is 0.331 e. The van der Waals surface area contributed by atoms with Crippen LogP contribution in [0.3, 0.4) is 0 Å². The van der Waals surface area contributed by atoms with Gasteiger partial charge in [0.05, 0.1) is 26.5 Å². The largest absolute Gasteiger partial charge is 0.339 e. The number of carbonyl (C=O) groups excluding carboxylic acids is 1. The second-order valence-electron chi connectivity index (χ2n) is 6.59. The second-order valence-corrected chi connectivity index (χ2v) is 12.2. The van der Waals surface area contributed by atoms with Crippen molar-refractivity contribution >= 4 is 20.6 Å². The Hall–Kier alpha value is -0.410. The number of hydrogen-bond donors (Lipinski definition) is 0. The Morgan fingerprint density at radius 2 is 1.68 bits per heavy atom. The number of amides is 1. The lowest BCUT2D eigenvalue weighted by Crippen LogP contribution is -2.37. The molecule has 0 heterocycles. The quantitative estimate of drug-likeness (QED) is 0.324. The maximum atomic E-state index is 12.9. The summed E-state index contributed by atoms with van der Waals surface area (Å²) in [6.07, 6.45) is 3.67. The minimum atomic E-state index is -3.27. The Bertz CT molecular complexity index is 493. The molecule has 8 heteroatoms. The number of rotatable bonds is 14. The van der Waals surface area contributed by atoms with Crippen molar-refractivity contribution in [2.45, 2.75) is 33.6 Å². The Balaban J connectivity index is 5.36. The fraction of sp³-hybridized carbons (Fsp3) is 0.824. The zero-order chi connectivity index (χ0) is 19.5. The van der Waals surface area contributed by atoms with Crippen molar-refractivity contribution in [1.29, 1.82) is 0 Å².